The van der Waals surface area contributed by atoms with E-state index in [-0.39, 0.29) is 17.0 Å². The summed E-state index contributed by atoms with van der Waals surface area (Å²) in [5.41, 5.74) is -0.552. The molecule has 6 atom stereocenters. The Kier molecular flexibility index (Phi) is 2.82. The van der Waals surface area contributed by atoms with E-state index in [9.17, 15) is 4.79 Å². The number of ether oxygens (including phenoxy) is 1. The molecule has 0 aromatic carbocycles. The molecule has 2 nitrogen and oxygen atoms in total. The largest absolute Gasteiger partial charge is 0.458 e. The zero-order chi connectivity index (χ0) is 14.0. The molecule has 3 fully saturated rings. The average Bonchev–Trinajstić information content (AvgIpc) is 2.31. The lowest BCUT2D eigenvalue weighted by molar-refractivity contribution is -0.253. The summed E-state index contributed by atoms with van der Waals surface area (Å²) in [4.78, 5) is 12.5. The minimum absolute atomic E-state index is 0.00516. The van der Waals surface area contributed by atoms with E-state index in [0.717, 1.165) is 24.2 Å². The van der Waals surface area contributed by atoms with Crippen molar-refractivity contribution in [2.75, 3.05) is 0 Å². The molecule has 0 saturated heterocycles. The van der Waals surface area contributed by atoms with E-state index in [0.29, 0.717) is 11.8 Å². The topological polar surface area (TPSA) is 26.3 Å². The van der Waals surface area contributed by atoms with Crippen molar-refractivity contribution >= 4 is 5.97 Å². The molecule has 3 saturated carbocycles. The van der Waals surface area contributed by atoms with Crippen molar-refractivity contribution < 1.29 is 9.53 Å². The van der Waals surface area contributed by atoms with Gasteiger partial charge in [-0.25, -0.2) is 0 Å². The van der Waals surface area contributed by atoms with Crippen molar-refractivity contribution in [1.29, 1.82) is 0 Å². The quantitative estimate of drug-likeness (QED) is 0.719. The third kappa shape index (κ3) is 1.71. The summed E-state index contributed by atoms with van der Waals surface area (Å²) < 4.78 is 6.11. The first-order valence-corrected chi connectivity index (χ1v) is 8.03. The third-order valence-electron chi connectivity index (χ3n) is 6.84. The highest BCUT2D eigenvalue weighted by Crippen LogP contribution is 2.68. The molecule has 0 radical (unpaired) electrons. The molecule has 0 amide bonds. The van der Waals surface area contributed by atoms with Crippen molar-refractivity contribution in [2.24, 2.45) is 35.0 Å². The minimum Gasteiger partial charge on any atom is -0.458 e. The van der Waals surface area contributed by atoms with E-state index in [2.05, 4.69) is 20.8 Å². The van der Waals surface area contributed by atoms with Crippen LogP contribution in [0.3, 0.4) is 0 Å². The van der Waals surface area contributed by atoms with Crippen LogP contribution in [0, 0.1) is 35.0 Å². The van der Waals surface area contributed by atoms with Gasteiger partial charge in [0.15, 0.2) is 0 Å². The van der Waals surface area contributed by atoms with Crippen LogP contribution in [-0.2, 0) is 9.53 Å². The molecule has 0 aromatic rings. The van der Waals surface area contributed by atoms with Crippen LogP contribution in [0.5, 0.6) is 0 Å². The van der Waals surface area contributed by atoms with Gasteiger partial charge in [-0.05, 0) is 70.1 Å². The van der Waals surface area contributed by atoms with Gasteiger partial charge in [0, 0.05) is 5.92 Å². The van der Waals surface area contributed by atoms with Gasteiger partial charge in [0.2, 0.25) is 0 Å². The van der Waals surface area contributed by atoms with Crippen LogP contribution in [0.4, 0.5) is 0 Å². The number of esters is 1. The monoisotopic (exact) mass is 264 g/mol. The molecule has 108 valence electrons. The average molecular weight is 264 g/mol. The van der Waals surface area contributed by atoms with Gasteiger partial charge >= 0.3 is 5.97 Å². The van der Waals surface area contributed by atoms with Crippen molar-refractivity contribution in [3.63, 3.8) is 0 Å². The van der Waals surface area contributed by atoms with E-state index in [1.807, 2.05) is 13.8 Å². The van der Waals surface area contributed by atoms with E-state index in [1.165, 1.54) is 19.3 Å². The van der Waals surface area contributed by atoms with E-state index < -0.39 is 0 Å². The second kappa shape index (κ2) is 3.99. The summed E-state index contributed by atoms with van der Waals surface area (Å²) in [6.07, 6.45) is 4.83. The van der Waals surface area contributed by atoms with Gasteiger partial charge < -0.3 is 4.74 Å². The zero-order valence-electron chi connectivity index (χ0n) is 13.0. The van der Waals surface area contributed by atoms with E-state index >= 15 is 0 Å². The van der Waals surface area contributed by atoms with Crippen molar-refractivity contribution in [2.45, 2.75) is 65.9 Å². The molecule has 0 heterocycles. The highest BCUT2D eigenvalue weighted by Gasteiger charge is 2.65. The number of hydrogen-bond donors (Lipinski definition) is 0. The maximum Gasteiger partial charge on any atom is 0.312 e. The molecule has 3 aliphatic carbocycles. The Hall–Kier alpha value is -0.530. The number of carbonyl (C=O) groups excluding carboxylic acids is 1. The Morgan fingerprint density at radius 3 is 2.47 bits per heavy atom. The Labute approximate surface area is 117 Å². The molecular formula is C17H28O2. The van der Waals surface area contributed by atoms with Crippen LogP contribution < -0.4 is 0 Å². The predicted molar refractivity (Wildman–Crippen MR) is 75.5 cm³/mol. The molecule has 6 unspecified atom stereocenters. The Bertz CT molecular complexity index is 400. The molecule has 2 heteroatoms. The van der Waals surface area contributed by atoms with Crippen molar-refractivity contribution in [3.05, 3.63) is 0 Å². The van der Waals surface area contributed by atoms with E-state index in [1.54, 1.807) is 0 Å². The molecule has 0 bridgehead atoms. The summed E-state index contributed by atoms with van der Waals surface area (Å²) in [7, 11) is 0. The molecule has 0 aliphatic heterocycles. The van der Waals surface area contributed by atoms with Gasteiger partial charge in [-0.1, -0.05) is 13.8 Å². The van der Waals surface area contributed by atoms with Crippen LogP contribution in [0.2, 0.25) is 0 Å². The fourth-order valence-electron chi connectivity index (χ4n) is 4.67. The van der Waals surface area contributed by atoms with Crippen LogP contribution in [0.1, 0.15) is 60.3 Å². The number of hydrogen-bond acceptors (Lipinski definition) is 2. The normalized spacial score (nSPS) is 47.7. The summed E-state index contributed by atoms with van der Waals surface area (Å²) >= 11 is 0. The summed E-state index contributed by atoms with van der Waals surface area (Å²) in [5, 5.41) is 0. The zero-order valence-corrected chi connectivity index (χ0v) is 13.0. The van der Waals surface area contributed by atoms with Crippen molar-refractivity contribution in [1.82, 2.24) is 0 Å². The highest BCUT2D eigenvalue weighted by atomic mass is 16.6. The third-order valence-corrected chi connectivity index (χ3v) is 6.84. The molecule has 0 N–H and O–H groups in total. The standard InChI is InChI=1S/C17H28O2/c1-6-16(3,4)15(18)19-17(5)10(2)7-11-8-12-9-13(17)14(11)12/h10-14H,6-9H2,1-5H3. The molecule has 19 heavy (non-hydrogen) atoms. The lowest BCUT2D eigenvalue weighted by Gasteiger charge is -2.68. The number of carbonyl (C=O) groups is 1. The van der Waals surface area contributed by atoms with Crippen molar-refractivity contribution in [3.8, 4) is 0 Å². The van der Waals surface area contributed by atoms with Gasteiger partial charge in [0.25, 0.3) is 0 Å². The van der Waals surface area contributed by atoms with Gasteiger partial charge in [-0.3, -0.25) is 4.79 Å². The predicted octanol–water partition coefficient (Wildman–Crippen LogP) is 4.04. The van der Waals surface area contributed by atoms with Gasteiger partial charge in [0.05, 0.1) is 5.41 Å². The maximum atomic E-state index is 12.5. The fraction of sp³-hybridized carbons (Fsp3) is 0.941. The minimum atomic E-state index is -0.345. The number of rotatable bonds is 3. The van der Waals surface area contributed by atoms with Gasteiger partial charge in [0.1, 0.15) is 5.60 Å². The lowest BCUT2D eigenvalue weighted by Crippen LogP contribution is -2.67. The Balaban J connectivity index is 1.77. The SMILES string of the molecule is CCC(C)(C)C(=O)OC1(C)C(C)CC2CC3CC1C23. The second-order valence-electron chi connectivity index (χ2n) is 8.12. The van der Waals surface area contributed by atoms with Gasteiger partial charge in [-0.15, -0.1) is 0 Å². The Morgan fingerprint density at radius 1 is 1.26 bits per heavy atom. The molecule has 3 rings (SSSR count). The smallest absolute Gasteiger partial charge is 0.312 e. The molecule has 3 aliphatic rings. The highest BCUT2D eigenvalue weighted by molar-refractivity contribution is 5.76. The summed E-state index contributed by atoms with van der Waals surface area (Å²) in [6, 6.07) is 0. The Morgan fingerprint density at radius 2 is 1.89 bits per heavy atom. The van der Waals surface area contributed by atoms with Crippen LogP contribution in [0.15, 0.2) is 0 Å². The van der Waals surface area contributed by atoms with Crippen LogP contribution in [-0.4, -0.2) is 11.6 Å². The summed E-state index contributed by atoms with van der Waals surface area (Å²) in [5.74, 6) is 3.92. The van der Waals surface area contributed by atoms with E-state index in [4.69, 9.17) is 4.74 Å². The van der Waals surface area contributed by atoms with Crippen LogP contribution in [0.25, 0.3) is 0 Å². The fourth-order valence-corrected chi connectivity index (χ4v) is 4.67. The summed E-state index contributed by atoms with van der Waals surface area (Å²) in [6.45, 7) is 10.6. The first-order valence-electron chi connectivity index (χ1n) is 8.03. The first-order chi connectivity index (χ1) is 8.79. The molecule has 0 aromatic heterocycles. The molecule has 0 spiro atoms. The molecular weight excluding hydrogens is 236 g/mol. The first kappa shape index (κ1) is 13.5. The van der Waals surface area contributed by atoms with Gasteiger partial charge in [-0.2, -0.15) is 0 Å². The lowest BCUT2D eigenvalue weighted by atomic mass is 9.39. The maximum absolute atomic E-state index is 12.5. The second-order valence-corrected chi connectivity index (χ2v) is 8.12. The van der Waals surface area contributed by atoms with Crippen LogP contribution >= 0.6 is 0 Å².